The molecule has 3 rings (SSSR count). The number of nitrogens with zero attached hydrogens (tertiary/aromatic N) is 2. The van der Waals surface area contributed by atoms with Crippen molar-refractivity contribution in [2.45, 2.75) is 25.3 Å². The van der Waals surface area contributed by atoms with Gasteiger partial charge in [-0.3, -0.25) is 0 Å². The lowest BCUT2D eigenvalue weighted by atomic mass is 10.0. The number of hydrogen-bond acceptors (Lipinski definition) is 3. The summed E-state index contributed by atoms with van der Waals surface area (Å²) in [4.78, 5) is 19.8. The first-order valence-corrected chi connectivity index (χ1v) is 8.61. The molecule has 0 atom stereocenters. The topological polar surface area (TPSA) is 71.6 Å². The van der Waals surface area contributed by atoms with Gasteiger partial charge < -0.3 is 25.2 Å². The van der Waals surface area contributed by atoms with E-state index >= 15 is 0 Å². The maximum Gasteiger partial charge on any atom is 0.321 e. The number of H-pyrrole nitrogens is 1. The molecule has 6 nitrogen and oxygen atoms in total. The highest BCUT2D eigenvalue weighted by atomic mass is 16.3. The molecule has 0 unspecified atom stereocenters. The van der Waals surface area contributed by atoms with E-state index in [0.29, 0.717) is 6.04 Å². The number of rotatable bonds is 5. The Morgan fingerprint density at radius 3 is 2.92 bits per heavy atom. The number of piperidine rings is 1. The molecule has 0 aliphatic carbocycles. The summed E-state index contributed by atoms with van der Waals surface area (Å²) in [6.45, 7) is 2.68. The van der Waals surface area contributed by atoms with E-state index in [0.717, 1.165) is 55.5 Å². The van der Waals surface area contributed by atoms with Crippen LogP contribution >= 0.6 is 0 Å². The second-order valence-electron chi connectivity index (χ2n) is 6.49. The van der Waals surface area contributed by atoms with Crippen molar-refractivity contribution in [3.05, 3.63) is 30.5 Å². The Kier molecular flexibility index (Phi) is 5.37. The Labute approximate surface area is 142 Å². The van der Waals surface area contributed by atoms with Gasteiger partial charge >= 0.3 is 6.03 Å². The number of aromatic amines is 1. The quantitative estimate of drug-likeness (QED) is 0.789. The largest absolute Gasteiger partial charge is 0.396 e. The van der Waals surface area contributed by atoms with Crippen LogP contribution in [0.15, 0.2) is 30.5 Å². The minimum Gasteiger partial charge on any atom is -0.396 e. The summed E-state index contributed by atoms with van der Waals surface area (Å²) in [5.41, 5.74) is 1.90. The predicted molar refractivity (Wildman–Crippen MR) is 96.2 cm³/mol. The molecule has 130 valence electrons. The van der Waals surface area contributed by atoms with Gasteiger partial charge in [0.25, 0.3) is 0 Å². The van der Waals surface area contributed by atoms with E-state index < -0.39 is 0 Å². The summed E-state index contributed by atoms with van der Waals surface area (Å²) in [5.74, 6) is 0. The fraction of sp³-hybridized carbons (Fsp3) is 0.500. The van der Waals surface area contributed by atoms with E-state index in [1.807, 2.05) is 35.4 Å². The molecule has 1 saturated heterocycles. The summed E-state index contributed by atoms with van der Waals surface area (Å²) in [5, 5.41) is 13.0. The molecule has 2 heterocycles. The van der Waals surface area contributed by atoms with Crippen molar-refractivity contribution in [3.8, 4) is 0 Å². The summed E-state index contributed by atoms with van der Waals surface area (Å²) >= 11 is 0. The summed E-state index contributed by atoms with van der Waals surface area (Å²) in [6, 6.07) is 8.36. The number of anilines is 1. The summed E-state index contributed by atoms with van der Waals surface area (Å²) < 4.78 is 0. The van der Waals surface area contributed by atoms with Crippen LogP contribution in [-0.4, -0.2) is 65.3 Å². The molecule has 0 saturated carbocycles. The van der Waals surface area contributed by atoms with E-state index in [1.165, 1.54) is 0 Å². The Hall–Kier alpha value is -2.05. The highest BCUT2D eigenvalue weighted by molar-refractivity contribution is 5.92. The Bertz CT molecular complexity index is 676. The van der Waals surface area contributed by atoms with Gasteiger partial charge in [0, 0.05) is 55.1 Å². The third kappa shape index (κ3) is 3.88. The fourth-order valence-corrected chi connectivity index (χ4v) is 3.35. The van der Waals surface area contributed by atoms with Crippen molar-refractivity contribution in [3.63, 3.8) is 0 Å². The van der Waals surface area contributed by atoms with E-state index in [-0.39, 0.29) is 12.6 Å². The van der Waals surface area contributed by atoms with E-state index in [1.54, 1.807) is 0 Å². The van der Waals surface area contributed by atoms with Gasteiger partial charge in [-0.1, -0.05) is 0 Å². The van der Waals surface area contributed by atoms with Crippen LogP contribution < -0.4 is 5.32 Å². The third-order valence-corrected chi connectivity index (χ3v) is 4.85. The molecule has 6 heteroatoms. The Morgan fingerprint density at radius 1 is 1.38 bits per heavy atom. The number of aromatic nitrogens is 1. The number of aliphatic hydroxyl groups excluding tert-OH is 1. The maximum atomic E-state index is 12.5. The molecular weight excluding hydrogens is 304 g/mol. The molecule has 0 bridgehead atoms. The average Bonchev–Trinajstić information content (AvgIpc) is 3.07. The highest BCUT2D eigenvalue weighted by Gasteiger charge is 2.25. The van der Waals surface area contributed by atoms with Crippen LogP contribution in [0.3, 0.4) is 0 Å². The van der Waals surface area contributed by atoms with Gasteiger partial charge in [0.05, 0.1) is 0 Å². The number of carbonyl (C=O) groups excluding carboxylic acids is 1. The molecular formula is C18H26N4O2. The van der Waals surface area contributed by atoms with Crippen LogP contribution in [0.4, 0.5) is 10.5 Å². The number of carbonyl (C=O) groups is 1. The van der Waals surface area contributed by atoms with Gasteiger partial charge in [-0.25, -0.2) is 4.79 Å². The second kappa shape index (κ2) is 7.68. The first-order chi connectivity index (χ1) is 11.7. The summed E-state index contributed by atoms with van der Waals surface area (Å²) in [6.07, 6.45) is 4.66. The van der Waals surface area contributed by atoms with Crippen molar-refractivity contribution in [1.82, 2.24) is 14.8 Å². The summed E-state index contributed by atoms with van der Waals surface area (Å²) in [7, 11) is 2.10. The van der Waals surface area contributed by atoms with Crippen LogP contribution in [0.1, 0.15) is 19.3 Å². The number of aliphatic hydroxyl groups is 1. The lowest BCUT2D eigenvalue weighted by Gasteiger charge is -2.36. The highest BCUT2D eigenvalue weighted by Crippen LogP contribution is 2.20. The smallest absolute Gasteiger partial charge is 0.321 e. The SMILES string of the molecule is CN(CCCO)C1CCN(C(=O)Nc2ccc3[nH]ccc3c2)CC1. The molecule has 0 spiro atoms. The molecule has 1 aromatic heterocycles. The molecule has 24 heavy (non-hydrogen) atoms. The number of likely N-dealkylation sites (tertiary alicyclic amines) is 1. The van der Waals surface area contributed by atoms with Crippen molar-refractivity contribution in [2.24, 2.45) is 0 Å². The van der Waals surface area contributed by atoms with Gasteiger partial charge in [0.1, 0.15) is 0 Å². The lowest BCUT2D eigenvalue weighted by molar-refractivity contribution is 0.134. The molecule has 2 amide bonds. The Morgan fingerprint density at radius 2 is 2.17 bits per heavy atom. The number of urea groups is 1. The van der Waals surface area contributed by atoms with Gasteiger partial charge in [-0.05, 0) is 50.6 Å². The molecule has 0 radical (unpaired) electrons. The second-order valence-corrected chi connectivity index (χ2v) is 6.49. The average molecular weight is 330 g/mol. The van der Waals surface area contributed by atoms with E-state index in [4.69, 9.17) is 5.11 Å². The van der Waals surface area contributed by atoms with E-state index in [9.17, 15) is 4.79 Å². The molecule has 2 aromatic rings. The molecule has 3 N–H and O–H groups in total. The fourth-order valence-electron chi connectivity index (χ4n) is 3.35. The molecule has 1 aromatic carbocycles. The number of fused-ring (bicyclic) bond motifs is 1. The number of amides is 2. The number of benzene rings is 1. The lowest BCUT2D eigenvalue weighted by Crippen LogP contribution is -2.47. The van der Waals surface area contributed by atoms with Crippen LogP contribution in [0, 0.1) is 0 Å². The van der Waals surface area contributed by atoms with Gasteiger partial charge in [-0.15, -0.1) is 0 Å². The van der Waals surface area contributed by atoms with Crippen molar-refractivity contribution >= 4 is 22.6 Å². The van der Waals surface area contributed by atoms with Crippen LogP contribution in [0.5, 0.6) is 0 Å². The molecule has 1 aliphatic heterocycles. The predicted octanol–water partition coefficient (Wildman–Crippen LogP) is 2.48. The third-order valence-electron chi connectivity index (χ3n) is 4.85. The zero-order chi connectivity index (χ0) is 16.9. The Balaban J connectivity index is 1.51. The van der Waals surface area contributed by atoms with Crippen LogP contribution in [-0.2, 0) is 0 Å². The standard InChI is InChI=1S/C18H26N4O2/c1-21(9-2-12-23)16-6-10-22(11-7-16)18(24)20-15-3-4-17-14(13-15)5-8-19-17/h3-5,8,13,16,19,23H,2,6-7,9-12H2,1H3,(H,20,24). The van der Waals surface area contributed by atoms with Crippen molar-refractivity contribution in [2.75, 3.05) is 38.6 Å². The van der Waals surface area contributed by atoms with Gasteiger partial charge in [0.15, 0.2) is 0 Å². The maximum absolute atomic E-state index is 12.5. The molecule has 1 aliphatic rings. The van der Waals surface area contributed by atoms with Crippen LogP contribution in [0.25, 0.3) is 10.9 Å². The number of nitrogens with one attached hydrogen (secondary N) is 2. The van der Waals surface area contributed by atoms with Crippen molar-refractivity contribution in [1.29, 1.82) is 0 Å². The monoisotopic (exact) mass is 330 g/mol. The zero-order valence-electron chi connectivity index (χ0n) is 14.2. The first kappa shape index (κ1) is 16.8. The van der Waals surface area contributed by atoms with Gasteiger partial charge in [-0.2, -0.15) is 0 Å². The molecule has 1 fully saturated rings. The van der Waals surface area contributed by atoms with Crippen molar-refractivity contribution < 1.29 is 9.90 Å². The minimum absolute atomic E-state index is 0.0265. The van der Waals surface area contributed by atoms with Gasteiger partial charge in [0.2, 0.25) is 0 Å². The van der Waals surface area contributed by atoms with E-state index in [2.05, 4.69) is 22.2 Å². The minimum atomic E-state index is -0.0265. The normalized spacial score (nSPS) is 16.0. The first-order valence-electron chi connectivity index (χ1n) is 8.61. The van der Waals surface area contributed by atoms with Crippen LogP contribution in [0.2, 0.25) is 0 Å². The number of hydrogen-bond donors (Lipinski definition) is 3. The zero-order valence-corrected chi connectivity index (χ0v) is 14.2.